The molecule has 4 heteroatoms. The van der Waals surface area contributed by atoms with Gasteiger partial charge in [-0.15, -0.1) is 0 Å². The van der Waals surface area contributed by atoms with Crippen LogP contribution in [0.1, 0.15) is 21.7 Å². The average molecular weight is 211 g/mol. The van der Waals surface area contributed by atoms with E-state index in [4.69, 9.17) is 5.26 Å². The Balaban J connectivity index is 2.12. The number of nitrogens with one attached hydrogen (secondary N) is 1. The Bertz CT molecular complexity index is 520. The first-order valence-electron chi connectivity index (χ1n) is 4.81. The minimum absolute atomic E-state index is 0.0144. The van der Waals surface area contributed by atoms with Crippen LogP contribution >= 0.6 is 0 Å². The standard InChI is InChI=1S/C12H9N3O/c13-8-9-1-3-10(4-2-9)11(16)7-12-14-5-6-15-12/h1-6H,7H2,(H,14,15). The molecule has 16 heavy (non-hydrogen) atoms. The van der Waals surface area contributed by atoms with E-state index < -0.39 is 0 Å². The Morgan fingerprint density at radius 2 is 2.12 bits per heavy atom. The van der Waals surface area contributed by atoms with Gasteiger partial charge in [-0.1, -0.05) is 12.1 Å². The van der Waals surface area contributed by atoms with Crippen LogP contribution in [-0.4, -0.2) is 15.8 Å². The van der Waals surface area contributed by atoms with Gasteiger partial charge in [-0.3, -0.25) is 4.79 Å². The normalized spacial score (nSPS) is 9.69. The molecule has 1 aromatic heterocycles. The lowest BCUT2D eigenvalue weighted by atomic mass is 10.1. The molecular formula is C12H9N3O. The van der Waals surface area contributed by atoms with E-state index in [0.717, 1.165) is 0 Å². The molecule has 0 aliphatic heterocycles. The first-order chi connectivity index (χ1) is 7.79. The van der Waals surface area contributed by atoms with Crippen LogP contribution in [-0.2, 0) is 6.42 Å². The van der Waals surface area contributed by atoms with Crippen molar-refractivity contribution < 1.29 is 4.79 Å². The molecule has 0 spiro atoms. The van der Waals surface area contributed by atoms with Gasteiger partial charge in [0.2, 0.25) is 0 Å². The van der Waals surface area contributed by atoms with Gasteiger partial charge in [-0.25, -0.2) is 4.98 Å². The van der Waals surface area contributed by atoms with Gasteiger partial charge in [0.15, 0.2) is 5.78 Å². The average Bonchev–Trinajstić information content (AvgIpc) is 2.82. The maximum atomic E-state index is 11.8. The molecule has 0 saturated heterocycles. The summed E-state index contributed by atoms with van der Waals surface area (Å²) in [6, 6.07) is 8.59. The van der Waals surface area contributed by atoms with Crippen molar-refractivity contribution in [3.05, 3.63) is 53.6 Å². The molecule has 1 aromatic carbocycles. The minimum Gasteiger partial charge on any atom is -0.348 e. The Morgan fingerprint density at radius 3 is 2.69 bits per heavy atom. The highest BCUT2D eigenvalue weighted by molar-refractivity contribution is 5.97. The number of hydrogen-bond donors (Lipinski definition) is 1. The number of nitriles is 1. The quantitative estimate of drug-likeness (QED) is 0.785. The summed E-state index contributed by atoms with van der Waals surface area (Å²) in [6.45, 7) is 0. The monoisotopic (exact) mass is 211 g/mol. The fourth-order valence-corrected chi connectivity index (χ4v) is 1.38. The first-order valence-corrected chi connectivity index (χ1v) is 4.81. The van der Waals surface area contributed by atoms with E-state index >= 15 is 0 Å². The fraction of sp³-hybridized carbons (Fsp3) is 0.0833. The molecule has 0 radical (unpaired) electrons. The Labute approximate surface area is 92.6 Å². The molecule has 0 atom stereocenters. The van der Waals surface area contributed by atoms with Crippen LogP contribution < -0.4 is 0 Å². The SMILES string of the molecule is N#Cc1ccc(C(=O)Cc2ncc[nH]2)cc1. The second-order valence-corrected chi connectivity index (χ2v) is 3.32. The number of H-pyrrole nitrogens is 1. The summed E-state index contributed by atoms with van der Waals surface area (Å²) in [4.78, 5) is 18.6. The number of rotatable bonds is 3. The van der Waals surface area contributed by atoms with Crippen LogP contribution in [0, 0.1) is 11.3 Å². The molecule has 78 valence electrons. The largest absolute Gasteiger partial charge is 0.348 e. The number of Topliss-reactive ketones (excluding diaryl/α,β-unsaturated/α-hetero) is 1. The van der Waals surface area contributed by atoms with E-state index in [1.165, 1.54) is 0 Å². The van der Waals surface area contributed by atoms with Crippen molar-refractivity contribution in [3.8, 4) is 6.07 Å². The minimum atomic E-state index is -0.0144. The predicted octanol–water partition coefficient (Wildman–Crippen LogP) is 1.71. The summed E-state index contributed by atoms with van der Waals surface area (Å²) in [5, 5.41) is 8.62. The molecule has 0 unspecified atom stereocenters. The highest BCUT2D eigenvalue weighted by Crippen LogP contribution is 2.06. The molecule has 0 aliphatic carbocycles. The molecule has 0 bridgehead atoms. The molecular weight excluding hydrogens is 202 g/mol. The van der Waals surface area contributed by atoms with Gasteiger partial charge in [-0.2, -0.15) is 5.26 Å². The van der Waals surface area contributed by atoms with E-state index in [9.17, 15) is 4.79 Å². The molecule has 4 nitrogen and oxygen atoms in total. The summed E-state index contributed by atoms with van der Waals surface area (Å²) in [5.41, 5.74) is 1.14. The highest BCUT2D eigenvalue weighted by atomic mass is 16.1. The molecule has 2 aromatic rings. The lowest BCUT2D eigenvalue weighted by Crippen LogP contribution is -2.04. The Hall–Kier alpha value is -2.41. The summed E-state index contributed by atoms with van der Waals surface area (Å²) >= 11 is 0. The maximum Gasteiger partial charge on any atom is 0.170 e. The molecule has 0 aliphatic rings. The van der Waals surface area contributed by atoms with Crippen molar-refractivity contribution in [1.82, 2.24) is 9.97 Å². The summed E-state index contributed by atoms with van der Waals surface area (Å²) in [5.74, 6) is 0.633. The number of benzene rings is 1. The number of ketones is 1. The third-order valence-corrected chi connectivity index (χ3v) is 2.22. The van der Waals surface area contributed by atoms with Gasteiger partial charge in [0.1, 0.15) is 5.82 Å². The van der Waals surface area contributed by atoms with Crippen LogP contribution in [0.25, 0.3) is 0 Å². The third kappa shape index (κ3) is 2.15. The van der Waals surface area contributed by atoms with Crippen molar-refractivity contribution in [2.24, 2.45) is 0 Å². The van der Waals surface area contributed by atoms with Crippen LogP contribution in [0.2, 0.25) is 0 Å². The van der Waals surface area contributed by atoms with E-state index in [1.54, 1.807) is 36.7 Å². The molecule has 1 N–H and O–H groups in total. The van der Waals surface area contributed by atoms with Crippen LogP contribution in [0.3, 0.4) is 0 Å². The topological polar surface area (TPSA) is 69.5 Å². The fourth-order valence-electron chi connectivity index (χ4n) is 1.38. The van der Waals surface area contributed by atoms with Crippen molar-refractivity contribution in [2.45, 2.75) is 6.42 Å². The van der Waals surface area contributed by atoms with E-state index in [1.807, 2.05) is 6.07 Å². The smallest absolute Gasteiger partial charge is 0.170 e. The highest BCUT2D eigenvalue weighted by Gasteiger charge is 2.08. The summed E-state index contributed by atoms with van der Waals surface area (Å²) in [7, 11) is 0. The Morgan fingerprint density at radius 1 is 1.38 bits per heavy atom. The molecule has 2 rings (SSSR count). The van der Waals surface area contributed by atoms with E-state index in [2.05, 4.69) is 9.97 Å². The number of aromatic amines is 1. The van der Waals surface area contributed by atoms with Crippen LogP contribution in [0.5, 0.6) is 0 Å². The molecule has 0 amide bonds. The lowest BCUT2D eigenvalue weighted by molar-refractivity contribution is 0.0991. The van der Waals surface area contributed by atoms with Crippen molar-refractivity contribution in [2.75, 3.05) is 0 Å². The molecule has 1 heterocycles. The molecule has 0 saturated carbocycles. The van der Waals surface area contributed by atoms with E-state index in [-0.39, 0.29) is 12.2 Å². The second-order valence-electron chi connectivity index (χ2n) is 3.32. The number of aromatic nitrogens is 2. The van der Waals surface area contributed by atoms with Gasteiger partial charge >= 0.3 is 0 Å². The maximum absolute atomic E-state index is 11.8. The van der Waals surface area contributed by atoms with Crippen molar-refractivity contribution >= 4 is 5.78 Å². The van der Waals surface area contributed by atoms with Gasteiger partial charge in [-0.05, 0) is 12.1 Å². The number of carbonyl (C=O) groups excluding carboxylic acids is 1. The van der Waals surface area contributed by atoms with Gasteiger partial charge in [0, 0.05) is 18.0 Å². The number of carbonyl (C=O) groups is 1. The van der Waals surface area contributed by atoms with Crippen molar-refractivity contribution in [3.63, 3.8) is 0 Å². The zero-order chi connectivity index (χ0) is 11.4. The second kappa shape index (κ2) is 4.41. The predicted molar refractivity (Wildman–Crippen MR) is 57.8 cm³/mol. The molecule has 0 fully saturated rings. The third-order valence-electron chi connectivity index (χ3n) is 2.22. The van der Waals surface area contributed by atoms with Crippen LogP contribution in [0.4, 0.5) is 0 Å². The Kier molecular flexibility index (Phi) is 2.79. The van der Waals surface area contributed by atoms with Gasteiger partial charge in [0.05, 0.1) is 18.1 Å². The van der Waals surface area contributed by atoms with Gasteiger partial charge < -0.3 is 4.98 Å². The number of nitrogens with zero attached hydrogens (tertiary/aromatic N) is 2. The summed E-state index contributed by atoms with van der Waals surface area (Å²) < 4.78 is 0. The lowest BCUT2D eigenvalue weighted by Gasteiger charge is -1.98. The van der Waals surface area contributed by atoms with Gasteiger partial charge in [0.25, 0.3) is 0 Å². The first kappa shape index (κ1) is 10.1. The number of hydrogen-bond acceptors (Lipinski definition) is 3. The zero-order valence-electron chi connectivity index (χ0n) is 8.47. The van der Waals surface area contributed by atoms with E-state index in [0.29, 0.717) is 17.0 Å². The van der Waals surface area contributed by atoms with Crippen LogP contribution in [0.15, 0.2) is 36.7 Å². The zero-order valence-corrected chi connectivity index (χ0v) is 8.47. The summed E-state index contributed by atoms with van der Waals surface area (Å²) in [6.07, 6.45) is 3.54. The van der Waals surface area contributed by atoms with Crippen molar-refractivity contribution in [1.29, 1.82) is 5.26 Å². The number of imidazole rings is 1.